The molecule has 1 spiro atoms. The lowest BCUT2D eigenvalue weighted by Gasteiger charge is -2.41. The molecule has 1 aromatic rings. The van der Waals surface area contributed by atoms with E-state index in [0.717, 1.165) is 22.8 Å². The van der Waals surface area contributed by atoms with Crippen LogP contribution in [0.15, 0.2) is 6.07 Å². The summed E-state index contributed by atoms with van der Waals surface area (Å²) in [5, 5.41) is 4.34. The minimum Gasteiger partial charge on any atom is -0.487 e. The summed E-state index contributed by atoms with van der Waals surface area (Å²) in [6, 6.07) is 2.48. The lowest BCUT2D eigenvalue weighted by atomic mass is 9.84. The highest BCUT2D eigenvalue weighted by Gasteiger charge is 2.43. The van der Waals surface area contributed by atoms with Gasteiger partial charge in [-0.15, -0.1) is 0 Å². The molecule has 0 bridgehead atoms. The topological polar surface area (TPSA) is 21.3 Å². The van der Waals surface area contributed by atoms with Crippen LogP contribution < -0.4 is 10.1 Å². The number of benzene rings is 1. The Hall–Kier alpha value is -0.730. The first-order valence-corrected chi connectivity index (χ1v) is 7.60. The average molecular weight is 280 g/mol. The Morgan fingerprint density at radius 2 is 2.00 bits per heavy atom. The van der Waals surface area contributed by atoms with Gasteiger partial charge in [0, 0.05) is 23.0 Å². The van der Waals surface area contributed by atoms with Crippen LogP contribution in [0.2, 0.25) is 5.02 Å². The van der Waals surface area contributed by atoms with Crippen LogP contribution >= 0.6 is 11.6 Å². The van der Waals surface area contributed by atoms with Gasteiger partial charge in [-0.3, -0.25) is 0 Å². The van der Waals surface area contributed by atoms with E-state index in [0.29, 0.717) is 6.04 Å². The van der Waals surface area contributed by atoms with Crippen molar-refractivity contribution in [3.63, 3.8) is 0 Å². The Bertz CT molecular complexity index is 506. The van der Waals surface area contributed by atoms with E-state index in [1.807, 2.05) is 7.05 Å². The molecule has 19 heavy (non-hydrogen) atoms. The third kappa shape index (κ3) is 2.05. The van der Waals surface area contributed by atoms with Crippen molar-refractivity contribution in [1.82, 2.24) is 5.32 Å². The summed E-state index contributed by atoms with van der Waals surface area (Å²) in [6.45, 7) is 4.16. The number of fused-ring (bicyclic) bond motifs is 1. The van der Waals surface area contributed by atoms with E-state index in [2.05, 4.69) is 25.2 Å². The van der Waals surface area contributed by atoms with Crippen LogP contribution in [0.5, 0.6) is 5.75 Å². The Balaban J connectivity index is 2.10. The molecular weight excluding hydrogens is 258 g/mol. The zero-order valence-corrected chi connectivity index (χ0v) is 12.7. The SMILES string of the molecule is CNC1CC2(CCCC2)Oc2cc(C)c(Cl)c(C)c21. The number of nitrogens with one attached hydrogen (secondary N) is 1. The summed E-state index contributed by atoms with van der Waals surface area (Å²) in [5.74, 6) is 1.05. The molecular formula is C16H22ClNO. The molecule has 1 aromatic carbocycles. The summed E-state index contributed by atoms with van der Waals surface area (Å²) in [6.07, 6.45) is 6.02. The first kappa shape index (κ1) is 13.3. The second kappa shape index (κ2) is 4.68. The molecule has 1 saturated carbocycles. The highest BCUT2D eigenvalue weighted by Crippen LogP contribution is 2.49. The van der Waals surface area contributed by atoms with E-state index in [4.69, 9.17) is 16.3 Å². The highest BCUT2D eigenvalue weighted by atomic mass is 35.5. The van der Waals surface area contributed by atoms with Gasteiger partial charge in [-0.1, -0.05) is 11.6 Å². The van der Waals surface area contributed by atoms with Gasteiger partial charge in [-0.2, -0.15) is 0 Å². The normalized spacial score (nSPS) is 24.3. The van der Waals surface area contributed by atoms with Crippen LogP contribution in [0, 0.1) is 13.8 Å². The van der Waals surface area contributed by atoms with E-state index in [1.54, 1.807) is 0 Å². The summed E-state index contributed by atoms with van der Waals surface area (Å²) in [7, 11) is 2.04. The number of hydrogen-bond acceptors (Lipinski definition) is 2. The molecule has 1 aliphatic carbocycles. The van der Waals surface area contributed by atoms with Gasteiger partial charge in [0.05, 0.1) is 0 Å². The summed E-state index contributed by atoms with van der Waals surface area (Å²) in [4.78, 5) is 0. The minimum atomic E-state index is 0.0629. The lowest BCUT2D eigenvalue weighted by molar-refractivity contribution is 0.0377. The molecule has 2 nitrogen and oxygen atoms in total. The molecule has 104 valence electrons. The monoisotopic (exact) mass is 279 g/mol. The third-order valence-electron chi connectivity index (χ3n) is 4.81. The van der Waals surface area contributed by atoms with Gasteiger partial charge in [-0.05, 0) is 63.8 Å². The molecule has 3 heteroatoms. The van der Waals surface area contributed by atoms with E-state index >= 15 is 0 Å². The van der Waals surface area contributed by atoms with E-state index in [-0.39, 0.29) is 5.60 Å². The number of hydrogen-bond donors (Lipinski definition) is 1. The van der Waals surface area contributed by atoms with Crippen LogP contribution in [0.4, 0.5) is 0 Å². The van der Waals surface area contributed by atoms with Crippen LogP contribution in [-0.4, -0.2) is 12.6 Å². The van der Waals surface area contributed by atoms with Crippen LogP contribution in [0.25, 0.3) is 0 Å². The van der Waals surface area contributed by atoms with Crippen molar-refractivity contribution in [1.29, 1.82) is 0 Å². The van der Waals surface area contributed by atoms with Crippen molar-refractivity contribution in [2.24, 2.45) is 0 Å². The molecule has 2 aliphatic rings. The molecule has 1 fully saturated rings. The Labute approximate surface area is 120 Å². The first-order chi connectivity index (χ1) is 9.06. The van der Waals surface area contributed by atoms with Gasteiger partial charge in [-0.25, -0.2) is 0 Å². The zero-order valence-electron chi connectivity index (χ0n) is 12.0. The predicted molar refractivity (Wildman–Crippen MR) is 79.2 cm³/mol. The van der Waals surface area contributed by atoms with Crippen molar-refractivity contribution in [2.45, 2.75) is 57.6 Å². The molecule has 0 aromatic heterocycles. The van der Waals surface area contributed by atoms with Crippen LogP contribution in [0.3, 0.4) is 0 Å². The number of halogens is 1. The standard InChI is InChI=1S/C16H22ClNO/c1-10-8-13-14(11(2)15(10)17)12(18-3)9-16(19-13)6-4-5-7-16/h8,12,18H,4-7,9H2,1-3H3. The molecule has 1 atom stereocenters. The van der Waals surface area contributed by atoms with Crippen molar-refractivity contribution < 1.29 is 4.74 Å². The number of ether oxygens (including phenoxy) is 1. The maximum absolute atomic E-state index is 6.43. The second-order valence-electron chi connectivity index (χ2n) is 6.08. The van der Waals surface area contributed by atoms with Crippen molar-refractivity contribution in [3.05, 3.63) is 27.8 Å². The maximum atomic E-state index is 6.43. The molecule has 0 saturated heterocycles. The summed E-state index contributed by atoms with van der Waals surface area (Å²) >= 11 is 6.40. The van der Waals surface area contributed by atoms with Gasteiger partial charge in [0.1, 0.15) is 11.4 Å². The quantitative estimate of drug-likeness (QED) is 0.827. The van der Waals surface area contributed by atoms with Gasteiger partial charge < -0.3 is 10.1 Å². The zero-order chi connectivity index (χ0) is 13.6. The lowest BCUT2D eigenvalue weighted by Crippen LogP contribution is -2.41. The Morgan fingerprint density at radius 1 is 1.32 bits per heavy atom. The molecule has 1 heterocycles. The van der Waals surface area contributed by atoms with Gasteiger partial charge in [0.2, 0.25) is 0 Å². The van der Waals surface area contributed by atoms with Crippen LogP contribution in [-0.2, 0) is 0 Å². The largest absolute Gasteiger partial charge is 0.487 e. The van der Waals surface area contributed by atoms with E-state index in [1.165, 1.54) is 36.8 Å². The molecule has 3 rings (SSSR count). The summed E-state index contributed by atoms with van der Waals surface area (Å²) in [5.41, 5.74) is 3.61. The molecule has 1 N–H and O–H groups in total. The Morgan fingerprint density at radius 3 is 2.63 bits per heavy atom. The smallest absolute Gasteiger partial charge is 0.125 e. The van der Waals surface area contributed by atoms with Crippen molar-refractivity contribution >= 4 is 11.6 Å². The Kier molecular flexibility index (Phi) is 3.26. The molecule has 1 unspecified atom stereocenters. The van der Waals surface area contributed by atoms with Crippen LogP contribution in [0.1, 0.15) is 54.8 Å². The maximum Gasteiger partial charge on any atom is 0.125 e. The minimum absolute atomic E-state index is 0.0629. The average Bonchev–Trinajstić information content (AvgIpc) is 2.83. The van der Waals surface area contributed by atoms with Gasteiger partial charge in [0.15, 0.2) is 0 Å². The predicted octanol–water partition coefficient (Wildman–Crippen LogP) is 4.31. The van der Waals surface area contributed by atoms with Crippen molar-refractivity contribution in [2.75, 3.05) is 7.05 Å². The van der Waals surface area contributed by atoms with Crippen molar-refractivity contribution in [3.8, 4) is 5.75 Å². The van der Waals surface area contributed by atoms with E-state index < -0.39 is 0 Å². The summed E-state index contributed by atoms with van der Waals surface area (Å²) < 4.78 is 6.43. The molecule has 0 radical (unpaired) electrons. The van der Waals surface area contributed by atoms with Gasteiger partial charge >= 0.3 is 0 Å². The van der Waals surface area contributed by atoms with Gasteiger partial charge in [0.25, 0.3) is 0 Å². The number of rotatable bonds is 1. The first-order valence-electron chi connectivity index (χ1n) is 7.22. The number of aryl methyl sites for hydroxylation is 1. The third-order valence-corrected chi connectivity index (χ3v) is 5.39. The fraction of sp³-hybridized carbons (Fsp3) is 0.625. The molecule has 1 aliphatic heterocycles. The second-order valence-corrected chi connectivity index (χ2v) is 6.46. The highest BCUT2D eigenvalue weighted by molar-refractivity contribution is 6.32. The fourth-order valence-electron chi connectivity index (χ4n) is 3.77. The molecule has 0 amide bonds. The van der Waals surface area contributed by atoms with E-state index in [9.17, 15) is 0 Å². The fourth-order valence-corrected chi connectivity index (χ4v) is 3.93.